The van der Waals surface area contributed by atoms with E-state index < -0.39 is 0 Å². The predicted molar refractivity (Wildman–Crippen MR) is 77.7 cm³/mol. The number of hydrogen-bond acceptors (Lipinski definition) is 3. The van der Waals surface area contributed by atoms with E-state index in [1.165, 1.54) is 5.06 Å². The van der Waals surface area contributed by atoms with Gasteiger partial charge in [-0.15, -0.1) is 12.4 Å². The van der Waals surface area contributed by atoms with E-state index in [-0.39, 0.29) is 30.1 Å². The first kappa shape index (κ1) is 18.1. The van der Waals surface area contributed by atoms with Crippen molar-refractivity contribution in [3.8, 4) is 0 Å². The molecule has 0 spiro atoms. The predicted octanol–water partition coefficient (Wildman–Crippen LogP) is 2.00. The molecule has 5 heteroatoms. The van der Waals surface area contributed by atoms with Crippen molar-refractivity contribution in [2.45, 2.75) is 57.7 Å². The largest absolute Gasteiger partial charge is 0.784 e. The molecule has 0 aromatic rings. The van der Waals surface area contributed by atoms with Gasteiger partial charge < -0.3 is 19.9 Å². The minimum Gasteiger partial charge on any atom is -0.784 e. The molecule has 18 heavy (non-hydrogen) atoms. The van der Waals surface area contributed by atoms with Crippen LogP contribution in [0.3, 0.4) is 0 Å². The minimum absolute atomic E-state index is 0. The second-order valence-electron chi connectivity index (χ2n) is 7.21. The van der Waals surface area contributed by atoms with Gasteiger partial charge in [0.05, 0.1) is 26.7 Å². The smallest absolute Gasteiger partial charge is 0.102 e. The summed E-state index contributed by atoms with van der Waals surface area (Å²) in [5.74, 6) is 0. The molecule has 0 saturated carbocycles. The Morgan fingerprint density at radius 1 is 1.17 bits per heavy atom. The van der Waals surface area contributed by atoms with Gasteiger partial charge in [0.2, 0.25) is 0 Å². The lowest BCUT2D eigenvalue weighted by molar-refractivity contribution is -0.918. The third-order valence-corrected chi connectivity index (χ3v) is 4.23. The summed E-state index contributed by atoms with van der Waals surface area (Å²) in [6, 6.07) is 0.428. The number of aliphatic hydroxyl groups excluding tert-OH is 1. The molecule has 0 radical (unpaired) electrons. The highest BCUT2D eigenvalue weighted by Crippen LogP contribution is 2.40. The van der Waals surface area contributed by atoms with Crippen LogP contribution in [0.25, 0.3) is 0 Å². The van der Waals surface area contributed by atoms with Crippen molar-refractivity contribution in [1.82, 2.24) is 5.06 Å². The van der Waals surface area contributed by atoms with E-state index >= 15 is 0 Å². The van der Waals surface area contributed by atoms with E-state index in [0.717, 1.165) is 23.9 Å². The SMILES string of the molecule is CC1(C)CC([N+](C)(C)CCO)CC(C)(C)N1[O-].Cl. The number of hydrogen-bond donors (Lipinski definition) is 1. The van der Waals surface area contributed by atoms with Crippen LogP contribution in [0.2, 0.25) is 0 Å². The Kier molecular flexibility index (Phi) is 5.67. The second kappa shape index (κ2) is 5.63. The van der Waals surface area contributed by atoms with Crippen LogP contribution in [-0.2, 0) is 0 Å². The number of rotatable bonds is 3. The summed E-state index contributed by atoms with van der Waals surface area (Å²) in [7, 11) is 4.29. The molecule has 1 saturated heterocycles. The van der Waals surface area contributed by atoms with Crippen molar-refractivity contribution < 1.29 is 9.59 Å². The molecule has 0 aliphatic carbocycles. The Bertz CT molecular complexity index is 262. The standard InChI is InChI=1S/C13H28N2O2.ClH/c1-12(2)9-11(15(5,6)7-8-16)10-13(3,4)14(12)17;/h11,16H,7-10H2,1-6H3;1H. The van der Waals surface area contributed by atoms with E-state index in [1.807, 2.05) is 27.7 Å². The van der Waals surface area contributed by atoms with E-state index in [2.05, 4.69) is 14.1 Å². The minimum atomic E-state index is -0.322. The molecule has 1 N–H and O–H groups in total. The molecule has 1 heterocycles. The van der Waals surface area contributed by atoms with Crippen LogP contribution in [0.15, 0.2) is 0 Å². The highest BCUT2D eigenvalue weighted by molar-refractivity contribution is 5.85. The highest BCUT2D eigenvalue weighted by Gasteiger charge is 2.45. The van der Waals surface area contributed by atoms with Crippen molar-refractivity contribution >= 4 is 12.4 Å². The fourth-order valence-electron chi connectivity index (χ4n) is 3.15. The fraction of sp³-hybridized carbons (Fsp3) is 1.00. The molecule has 1 rings (SSSR count). The van der Waals surface area contributed by atoms with E-state index in [1.54, 1.807) is 0 Å². The van der Waals surface area contributed by atoms with E-state index in [9.17, 15) is 5.21 Å². The molecule has 0 unspecified atom stereocenters. The van der Waals surface area contributed by atoms with Gasteiger partial charge in [0, 0.05) is 23.9 Å². The van der Waals surface area contributed by atoms with Gasteiger partial charge in [0.25, 0.3) is 0 Å². The molecule has 4 nitrogen and oxygen atoms in total. The summed E-state index contributed by atoms with van der Waals surface area (Å²) in [4.78, 5) is 0. The van der Waals surface area contributed by atoms with Gasteiger partial charge in [-0.25, -0.2) is 0 Å². The zero-order valence-corrected chi connectivity index (χ0v) is 13.4. The number of quaternary nitrogens is 1. The number of hydroxylamine groups is 2. The lowest BCUT2D eigenvalue weighted by Gasteiger charge is -2.61. The Hall–Kier alpha value is 0.130. The molecular formula is C13H29ClN2O2. The van der Waals surface area contributed by atoms with Crippen LogP contribution in [0.5, 0.6) is 0 Å². The van der Waals surface area contributed by atoms with Crippen molar-refractivity contribution in [2.75, 3.05) is 27.2 Å². The van der Waals surface area contributed by atoms with Gasteiger partial charge in [0.15, 0.2) is 0 Å². The number of halogens is 1. The average molecular weight is 281 g/mol. The molecule has 1 fully saturated rings. The molecule has 0 aromatic heterocycles. The van der Waals surface area contributed by atoms with Crippen LogP contribution in [0.4, 0.5) is 0 Å². The molecule has 0 amide bonds. The molecule has 1 aliphatic rings. The Labute approximate surface area is 118 Å². The van der Waals surface area contributed by atoms with Crippen molar-refractivity contribution in [3.05, 3.63) is 5.21 Å². The van der Waals surface area contributed by atoms with E-state index in [4.69, 9.17) is 5.11 Å². The van der Waals surface area contributed by atoms with Crippen molar-refractivity contribution in [1.29, 1.82) is 0 Å². The zero-order chi connectivity index (χ0) is 13.5. The third kappa shape index (κ3) is 3.58. The average Bonchev–Trinajstić information content (AvgIpc) is 2.13. The highest BCUT2D eigenvalue weighted by atomic mass is 35.5. The third-order valence-electron chi connectivity index (χ3n) is 4.23. The van der Waals surface area contributed by atoms with Gasteiger partial charge in [-0.3, -0.25) is 0 Å². The van der Waals surface area contributed by atoms with Crippen LogP contribution in [0.1, 0.15) is 40.5 Å². The van der Waals surface area contributed by atoms with Gasteiger partial charge >= 0.3 is 0 Å². The maximum Gasteiger partial charge on any atom is 0.102 e. The quantitative estimate of drug-likeness (QED) is 0.805. The van der Waals surface area contributed by atoms with Crippen molar-refractivity contribution in [3.63, 3.8) is 0 Å². The van der Waals surface area contributed by atoms with Crippen LogP contribution in [-0.4, -0.2) is 59.0 Å². The Morgan fingerprint density at radius 3 is 1.89 bits per heavy atom. The topological polar surface area (TPSA) is 46.5 Å². The summed E-state index contributed by atoms with van der Waals surface area (Å²) in [5, 5.41) is 22.7. The van der Waals surface area contributed by atoms with Gasteiger partial charge in [-0.1, -0.05) is 0 Å². The monoisotopic (exact) mass is 280 g/mol. The first-order chi connectivity index (χ1) is 7.53. The van der Waals surface area contributed by atoms with E-state index in [0.29, 0.717) is 6.04 Å². The molecule has 0 bridgehead atoms. The first-order valence-electron chi connectivity index (χ1n) is 6.44. The molecule has 0 atom stereocenters. The summed E-state index contributed by atoms with van der Waals surface area (Å²) in [6.45, 7) is 9.03. The number of likely N-dealkylation sites (N-methyl/N-ethyl adjacent to an activating group) is 1. The normalized spacial score (nSPS) is 24.7. The number of nitrogens with zero attached hydrogens (tertiary/aromatic N) is 2. The summed E-state index contributed by atoms with van der Waals surface area (Å²) < 4.78 is 0.789. The molecule has 1 aliphatic heterocycles. The van der Waals surface area contributed by atoms with Gasteiger partial charge in [0.1, 0.15) is 6.54 Å². The van der Waals surface area contributed by atoms with Crippen LogP contribution < -0.4 is 0 Å². The Morgan fingerprint density at radius 2 is 1.56 bits per heavy atom. The summed E-state index contributed by atoms with van der Waals surface area (Å²) >= 11 is 0. The van der Waals surface area contributed by atoms with Crippen LogP contribution >= 0.6 is 12.4 Å². The fourth-order valence-corrected chi connectivity index (χ4v) is 3.15. The second-order valence-corrected chi connectivity index (χ2v) is 7.21. The van der Waals surface area contributed by atoms with Crippen LogP contribution in [0, 0.1) is 5.21 Å². The lowest BCUT2D eigenvalue weighted by atomic mass is 9.77. The number of aliphatic hydroxyl groups is 1. The molecular weight excluding hydrogens is 252 g/mol. The molecule has 0 aromatic carbocycles. The van der Waals surface area contributed by atoms with Gasteiger partial charge in [-0.2, -0.15) is 0 Å². The lowest BCUT2D eigenvalue weighted by Crippen LogP contribution is -2.65. The molecule has 110 valence electrons. The maximum absolute atomic E-state index is 12.3. The number of piperidine rings is 1. The van der Waals surface area contributed by atoms with Crippen molar-refractivity contribution in [2.24, 2.45) is 0 Å². The summed E-state index contributed by atoms with van der Waals surface area (Å²) in [5.41, 5.74) is -0.644. The maximum atomic E-state index is 12.3. The zero-order valence-electron chi connectivity index (χ0n) is 12.6. The van der Waals surface area contributed by atoms with Gasteiger partial charge in [-0.05, 0) is 27.7 Å². The Balaban J connectivity index is 0.00000289. The summed E-state index contributed by atoms with van der Waals surface area (Å²) in [6.07, 6.45) is 1.76. The first-order valence-corrected chi connectivity index (χ1v) is 6.44.